The van der Waals surface area contributed by atoms with Gasteiger partial charge in [0.1, 0.15) is 5.40 Å². The van der Waals surface area contributed by atoms with Crippen molar-refractivity contribution in [2.75, 3.05) is 10.6 Å². The number of thioether (sulfide) groups is 1. The summed E-state index contributed by atoms with van der Waals surface area (Å²) < 4.78 is 0.953. The van der Waals surface area contributed by atoms with Gasteiger partial charge in [0.2, 0.25) is 0 Å². The molecule has 0 aliphatic heterocycles. The fraction of sp³-hybridized carbons (Fsp3) is 0. The van der Waals surface area contributed by atoms with Gasteiger partial charge in [0, 0.05) is 20.7 Å². The fourth-order valence-corrected chi connectivity index (χ4v) is 2.13. The molecule has 0 radical (unpaired) electrons. The Balaban J connectivity index is 1.94. The molecule has 2 amide bonds. The largest absolute Gasteiger partial charge is 0.323 e. The van der Waals surface area contributed by atoms with Crippen molar-refractivity contribution in [3.8, 4) is 5.40 Å². The second-order valence-corrected chi connectivity index (χ2v) is 5.58. The van der Waals surface area contributed by atoms with Crippen molar-refractivity contribution in [3.63, 3.8) is 0 Å². The van der Waals surface area contributed by atoms with E-state index in [9.17, 15) is 4.79 Å². The van der Waals surface area contributed by atoms with E-state index in [1.165, 1.54) is 0 Å². The number of hydrogen-bond acceptors (Lipinski definition) is 3. The maximum Gasteiger partial charge on any atom is 0.323 e. The Hall–Kier alpha value is -1.97. The number of benzene rings is 2. The predicted octanol–water partition coefficient (Wildman–Crippen LogP) is 4.67. The minimum atomic E-state index is -0.312. The first-order valence-electron chi connectivity index (χ1n) is 5.67. The number of nitrogens with zero attached hydrogens (tertiary/aromatic N) is 1. The molecule has 2 aromatic carbocycles. The maximum atomic E-state index is 11.8. The van der Waals surface area contributed by atoms with Crippen LogP contribution in [0.4, 0.5) is 16.2 Å². The van der Waals surface area contributed by atoms with E-state index in [4.69, 9.17) is 5.26 Å². The number of anilines is 2. The molecule has 0 aliphatic rings. The van der Waals surface area contributed by atoms with Gasteiger partial charge in [0.25, 0.3) is 0 Å². The van der Waals surface area contributed by atoms with E-state index < -0.39 is 0 Å². The Labute approximate surface area is 129 Å². The van der Waals surface area contributed by atoms with Crippen LogP contribution in [0.2, 0.25) is 0 Å². The Bertz CT molecular complexity index is 635. The van der Waals surface area contributed by atoms with Crippen molar-refractivity contribution >= 4 is 45.1 Å². The second-order valence-electron chi connectivity index (χ2n) is 3.80. The highest BCUT2D eigenvalue weighted by molar-refractivity contribution is 9.10. The van der Waals surface area contributed by atoms with Crippen LogP contribution in [-0.4, -0.2) is 6.03 Å². The Morgan fingerprint density at radius 2 is 1.50 bits per heavy atom. The summed E-state index contributed by atoms with van der Waals surface area (Å²) in [6, 6.07) is 14.1. The molecule has 0 bridgehead atoms. The summed E-state index contributed by atoms with van der Waals surface area (Å²) in [5.74, 6) is 0. The number of halogens is 1. The van der Waals surface area contributed by atoms with Gasteiger partial charge in [0.05, 0.1) is 0 Å². The molecule has 0 fully saturated rings. The Kier molecular flexibility index (Phi) is 5.04. The van der Waals surface area contributed by atoms with Gasteiger partial charge in [-0.15, -0.1) is 0 Å². The van der Waals surface area contributed by atoms with Crippen molar-refractivity contribution in [1.82, 2.24) is 0 Å². The first-order chi connectivity index (χ1) is 9.67. The second kappa shape index (κ2) is 6.98. The van der Waals surface area contributed by atoms with E-state index in [0.717, 1.165) is 21.1 Å². The molecular weight excluding hydrogens is 338 g/mol. The zero-order valence-corrected chi connectivity index (χ0v) is 12.7. The molecule has 100 valence electrons. The Morgan fingerprint density at radius 1 is 1.00 bits per heavy atom. The highest BCUT2D eigenvalue weighted by Crippen LogP contribution is 2.19. The molecule has 0 aromatic heterocycles. The van der Waals surface area contributed by atoms with Crippen LogP contribution in [0.3, 0.4) is 0 Å². The van der Waals surface area contributed by atoms with Gasteiger partial charge in [-0.1, -0.05) is 15.9 Å². The van der Waals surface area contributed by atoms with Gasteiger partial charge >= 0.3 is 6.03 Å². The number of carbonyl (C=O) groups is 1. The van der Waals surface area contributed by atoms with E-state index in [0.29, 0.717) is 11.4 Å². The number of rotatable bonds is 3. The topological polar surface area (TPSA) is 64.9 Å². The first-order valence-corrected chi connectivity index (χ1v) is 7.28. The molecule has 0 heterocycles. The highest BCUT2D eigenvalue weighted by Gasteiger charge is 2.02. The van der Waals surface area contributed by atoms with Crippen molar-refractivity contribution in [1.29, 1.82) is 5.26 Å². The predicted molar refractivity (Wildman–Crippen MR) is 84.7 cm³/mol. The van der Waals surface area contributed by atoms with E-state index >= 15 is 0 Å². The molecule has 2 rings (SSSR count). The van der Waals surface area contributed by atoms with E-state index in [2.05, 4.69) is 26.6 Å². The molecule has 0 atom stereocenters. The normalized spacial score (nSPS) is 9.60. The molecule has 0 aliphatic carbocycles. The van der Waals surface area contributed by atoms with E-state index in [-0.39, 0.29) is 6.03 Å². The average Bonchev–Trinajstić information content (AvgIpc) is 2.44. The molecule has 20 heavy (non-hydrogen) atoms. The standard InChI is InChI=1S/C14H10BrN3OS/c15-10-1-3-11(4-2-10)17-14(19)18-12-5-7-13(8-6-12)20-9-16/h1-8H,(H2,17,18,19). The fourth-order valence-electron chi connectivity index (χ4n) is 1.49. The first kappa shape index (κ1) is 14.4. The number of amides is 2. The molecule has 2 N–H and O–H groups in total. The number of hydrogen-bond donors (Lipinski definition) is 2. The van der Waals surface area contributed by atoms with Crippen molar-refractivity contribution in [2.24, 2.45) is 0 Å². The van der Waals surface area contributed by atoms with E-state index in [1.54, 1.807) is 36.4 Å². The van der Waals surface area contributed by atoms with Crippen LogP contribution in [0.25, 0.3) is 0 Å². The van der Waals surface area contributed by atoms with Gasteiger partial charge in [-0.25, -0.2) is 4.79 Å². The summed E-state index contributed by atoms with van der Waals surface area (Å²) in [4.78, 5) is 12.6. The minimum Gasteiger partial charge on any atom is -0.308 e. The highest BCUT2D eigenvalue weighted by atomic mass is 79.9. The van der Waals surface area contributed by atoms with Gasteiger partial charge in [0.15, 0.2) is 0 Å². The lowest BCUT2D eigenvalue weighted by Gasteiger charge is -2.08. The molecule has 0 saturated carbocycles. The van der Waals surface area contributed by atoms with Gasteiger partial charge in [-0.3, -0.25) is 0 Å². The van der Waals surface area contributed by atoms with Gasteiger partial charge < -0.3 is 10.6 Å². The van der Waals surface area contributed by atoms with Crippen LogP contribution in [0, 0.1) is 10.7 Å². The SMILES string of the molecule is N#CSc1ccc(NC(=O)Nc2ccc(Br)cc2)cc1. The zero-order chi connectivity index (χ0) is 14.4. The lowest BCUT2D eigenvalue weighted by atomic mass is 10.3. The van der Waals surface area contributed by atoms with Crippen LogP contribution < -0.4 is 10.6 Å². The molecule has 6 heteroatoms. The third-order valence-corrected chi connectivity index (χ3v) is 3.51. The zero-order valence-electron chi connectivity index (χ0n) is 10.3. The summed E-state index contributed by atoms with van der Waals surface area (Å²) in [6.45, 7) is 0. The van der Waals surface area contributed by atoms with Crippen LogP contribution >= 0.6 is 27.7 Å². The third kappa shape index (κ3) is 4.30. The number of nitrogens with one attached hydrogen (secondary N) is 2. The Morgan fingerprint density at radius 3 is 2.00 bits per heavy atom. The summed E-state index contributed by atoms with van der Waals surface area (Å²) in [5.41, 5.74) is 1.38. The smallest absolute Gasteiger partial charge is 0.308 e. The summed E-state index contributed by atoms with van der Waals surface area (Å²) >= 11 is 4.41. The lowest BCUT2D eigenvalue weighted by molar-refractivity contribution is 0.262. The summed E-state index contributed by atoms with van der Waals surface area (Å²) in [7, 11) is 0. The molecule has 2 aromatic rings. The quantitative estimate of drug-likeness (QED) is 0.626. The molecule has 0 spiro atoms. The van der Waals surface area contributed by atoms with Crippen LogP contribution in [0.15, 0.2) is 57.9 Å². The molecule has 0 unspecified atom stereocenters. The third-order valence-electron chi connectivity index (χ3n) is 2.38. The van der Waals surface area contributed by atoms with Gasteiger partial charge in [-0.05, 0) is 60.3 Å². The van der Waals surface area contributed by atoms with Crippen LogP contribution in [-0.2, 0) is 0 Å². The maximum absolute atomic E-state index is 11.8. The number of thiocyanates is 1. The van der Waals surface area contributed by atoms with Crippen molar-refractivity contribution < 1.29 is 4.79 Å². The number of nitriles is 1. The number of urea groups is 1. The molecule has 0 saturated heterocycles. The lowest BCUT2D eigenvalue weighted by Crippen LogP contribution is -2.19. The van der Waals surface area contributed by atoms with Gasteiger partial charge in [-0.2, -0.15) is 5.26 Å². The van der Waals surface area contributed by atoms with Crippen LogP contribution in [0.1, 0.15) is 0 Å². The van der Waals surface area contributed by atoms with Crippen molar-refractivity contribution in [2.45, 2.75) is 4.90 Å². The summed E-state index contributed by atoms with van der Waals surface area (Å²) in [5, 5.41) is 16.0. The molecular formula is C14H10BrN3OS. The van der Waals surface area contributed by atoms with Crippen LogP contribution in [0.5, 0.6) is 0 Å². The molecule has 4 nitrogen and oxygen atoms in total. The van der Waals surface area contributed by atoms with E-state index in [1.807, 2.05) is 17.5 Å². The monoisotopic (exact) mass is 347 g/mol. The minimum absolute atomic E-state index is 0.312. The summed E-state index contributed by atoms with van der Waals surface area (Å²) in [6.07, 6.45) is 0. The number of carbonyl (C=O) groups excluding carboxylic acids is 1. The average molecular weight is 348 g/mol. The van der Waals surface area contributed by atoms with Crippen molar-refractivity contribution in [3.05, 3.63) is 53.0 Å².